The predicted octanol–water partition coefficient (Wildman–Crippen LogP) is 2.95. The summed E-state index contributed by atoms with van der Waals surface area (Å²) >= 11 is 6.09. The van der Waals surface area contributed by atoms with Gasteiger partial charge in [0.15, 0.2) is 0 Å². The first-order valence-corrected chi connectivity index (χ1v) is 7.47. The van der Waals surface area contributed by atoms with E-state index in [1.807, 2.05) is 23.1 Å². The molecule has 0 saturated carbocycles. The van der Waals surface area contributed by atoms with Gasteiger partial charge in [-0.15, -0.1) is 10.2 Å². The quantitative estimate of drug-likeness (QED) is 0.871. The molecule has 0 unspecified atom stereocenters. The van der Waals surface area contributed by atoms with Gasteiger partial charge in [0.1, 0.15) is 0 Å². The van der Waals surface area contributed by atoms with Crippen molar-refractivity contribution in [3.8, 4) is 11.5 Å². The summed E-state index contributed by atoms with van der Waals surface area (Å²) in [6.07, 6.45) is 3.07. The molecular weight excluding hydrogens is 290 g/mol. The molecular formula is C15H16ClN3O2. The summed E-state index contributed by atoms with van der Waals surface area (Å²) in [6.45, 7) is 1.74. The van der Waals surface area contributed by atoms with Gasteiger partial charge in [0.05, 0.1) is 10.6 Å². The normalized spacial score (nSPS) is 14.6. The number of likely N-dealkylation sites (tertiary alicyclic amines) is 1. The van der Waals surface area contributed by atoms with Gasteiger partial charge in [-0.25, -0.2) is 0 Å². The Morgan fingerprint density at radius 2 is 2.00 bits per heavy atom. The second kappa shape index (κ2) is 6.26. The molecule has 1 aromatic carbocycles. The Morgan fingerprint density at radius 3 is 2.76 bits per heavy atom. The Balaban J connectivity index is 1.63. The smallest absolute Gasteiger partial charge is 0.249 e. The lowest BCUT2D eigenvalue weighted by molar-refractivity contribution is -0.130. The zero-order valence-electron chi connectivity index (χ0n) is 11.6. The largest absolute Gasteiger partial charge is 0.421 e. The van der Waals surface area contributed by atoms with Crippen molar-refractivity contribution in [1.82, 2.24) is 15.1 Å². The molecule has 1 aromatic heterocycles. The second-order valence-corrected chi connectivity index (χ2v) is 5.48. The van der Waals surface area contributed by atoms with Gasteiger partial charge in [-0.3, -0.25) is 4.79 Å². The minimum absolute atomic E-state index is 0.157. The lowest BCUT2D eigenvalue weighted by Crippen LogP contribution is -2.27. The van der Waals surface area contributed by atoms with E-state index in [1.54, 1.807) is 6.07 Å². The van der Waals surface area contributed by atoms with E-state index in [0.29, 0.717) is 35.2 Å². The zero-order chi connectivity index (χ0) is 14.7. The van der Waals surface area contributed by atoms with Crippen LogP contribution >= 0.6 is 11.6 Å². The van der Waals surface area contributed by atoms with Crippen LogP contribution in [0.4, 0.5) is 0 Å². The summed E-state index contributed by atoms with van der Waals surface area (Å²) in [5, 5.41) is 8.55. The van der Waals surface area contributed by atoms with Gasteiger partial charge in [0.25, 0.3) is 0 Å². The fourth-order valence-corrected chi connectivity index (χ4v) is 2.65. The van der Waals surface area contributed by atoms with E-state index in [2.05, 4.69) is 10.2 Å². The van der Waals surface area contributed by atoms with E-state index in [9.17, 15) is 4.79 Å². The third-order valence-corrected chi connectivity index (χ3v) is 3.91. The van der Waals surface area contributed by atoms with Crippen LogP contribution < -0.4 is 0 Å². The SMILES string of the molecule is O=C(CCc1nnc(-c2ccccc2Cl)o1)N1CCCC1. The van der Waals surface area contributed by atoms with Gasteiger partial charge in [-0.2, -0.15) is 0 Å². The first-order valence-electron chi connectivity index (χ1n) is 7.09. The molecule has 3 rings (SSSR count). The lowest BCUT2D eigenvalue weighted by Gasteiger charge is -2.13. The molecule has 0 radical (unpaired) electrons. The van der Waals surface area contributed by atoms with E-state index >= 15 is 0 Å². The molecule has 1 fully saturated rings. The highest BCUT2D eigenvalue weighted by atomic mass is 35.5. The second-order valence-electron chi connectivity index (χ2n) is 5.07. The highest BCUT2D eigenvalue weighted by Crippen LogP contribution is 2.26. The van der Waals surface area contributed by atoms with Gasteiger partial charge in [0, 0.05) is 25.9 Å². The fraction of sp³-hybridized carbons (Fsp3) is 0.400. The van der Waals surface area contributed by atoms with Gasteiger partial charge in [0.2, 0.25) is 17.7 Å². The number of carbonyl (C=O) groups excluding carboxylic acids is 1. The maximum Gasteiger partial charge on any atom is 0.249 e. The third kappa shape index (κ3) is 3.24. The number of carbonyl (C=O) groups is 1. The first kappa shape index (κ1) is 14.1. The summed E-state index contributed by atoms with van der Waals surface area (Å²) in [7, 11) is 0. The average Bonchev–Trinajstić information content (AvgIpc) is 3.17. The van der Waals surface area contributed by atoms with Crippen molar-refractivity contribution in [2.24, 2.45) is 0 Å². The van der Waals surface area contributed by atoms with E-state index in [-0.39, 0.29) is 5.91 Å². The molecule has 2 aromatic rings. The molecule has 0 atom stereocenters. The predicted molar refractivity (Wildman–Crippen MR) is 78.9 cm³/mol. The van der Waals surface area contributed by atoms with Crippen LogP contribution in [0.2, 0.25) is 5.02 Å². The Bertz CT molecular complexity index is 635. The van der Waals surface area contributed by atoms with Crippen LogP contribution in [-0.4, -0.2) is 34.1 Å². The Hall–Kier alpha value is -1.88. The van der Waals surface area contributed by atoms with Crippen LogP contribution in [0.1, 0.15) is 25.2 Å². The van der Waals surface area contributed by atoms with Crippen LogP contribution in [0.25, 0.3) is 11.5 Å². The number of aryl methyl sites for hydroxylation is 1. The van der Waals surface area contributed by atoms with Crippen molar-refractivity contribution >= 4 is 17.5 Å². The maximum absolute atomic E-state index is 12.0. The van der Waals surface area contributed by atoms with Crippen molar-refractivity contribution in [1.29, 1.82) is 0 Å². The number of hydrogen-bond donors (Lipinski definition) is 0. The van der Waals surface area contributed by atoms with E-state index < -0.39 is 0 Å². The molecule has 6 heteroatoms. The van der Waals surface area contributed by atoms with Crippen molar-refractivity contribution in [3.05, 3.63) is 35.2 Å². The Labute approximate surface area is 127 Å². The minimum atomic E-state index is 0.157. The van der Waals surface area contributed by atoms with Gasteiger partial charge < -0.3 is 9.32 Å². The number of aromatic nitrogens is 2. The summed E-state index contributed by atoms with van der Waals surface area (Å²) < 4.78 is 5.59. The summed E-state index contributed by atoms with van der Waals surface area (Å²) in [4.78, 5) is 13.9. The van der Waals surface area contributed by atoms with Gasteiger partial charge in [-0.1, -0.05) is 23.7 Å². The molecule has 1 aliphatic heterocycles. The summed E-state index contributed by atoms with van der Waals surface area (Å²) in [5.41, 5.74) is 0.712. The van der Waals surface area contributed by atoms with E-state index in [0.717, 1.165) is 25.9 Å². The molecule has 2 heterocycles. The molecule has 1 amide bonds. The van der Waals surface area contributed by atoms with Crippen LogP contribution in [0, 0.1) is 0 Å². The summed E-state index contributed by atoms with van der Waals surface area (Å²) in [5.74, 6) is 1.02. The number of nitrogens with zero attached hydrogens (tertiary/aromatic N) is 3. The van der Waals surface area contributed by atoms with Gasteiger partial charge >= 0.3 is 0 Å². The first-order chi connectivity index (χ1) is 10.2. The minimum Gasteiger partial charge on any atom is -0.421 e. The highest BCUT2D eigenvalue weighted by Gasteiger charge is 2.19. The van der Waals surface area contributed by atoms with Crippen LogP contribution in [0.15, 0.2) is 28.7 Å². The monoisotopic (exact) mass is 305 g/mol. The van der Waals surface area contributed by atoms with Gasteiger partial charge in [-0.05, 0) is 25.0 Å². The molecule has 0 bridgehead atoms. The third-order valence-electron chi connectivity index (χ3n) is 3.58. The number of benzene rings is 1. The van der Waals surface area contributed by atoms with Crippen molar-refractivity contribution in [2.45, 2.75) is 25.7 Å². The van der Waals surface area contributed by atoms with E-state index in [4.69, 9.17) is 16.0 Å². The molecule has 0 spiro atoms. The molecule has 5 nitrogen and oxygen atoms in total. The Kier molecular flexibility index (Phi) is 4.20. The highest BCUT2D eigenvalue weighted by molar-refractivity contribution is 6.33. The molecule has 0 aliphatic carbocycles. The van der Waals surface area contributed by atoms with Crippen molar-refractivity contribution in [2.75, 3.05) is 13.1 Å². The zero-order valence-corrected chi connectivity index (χ0v) is 12.3. The number of amides is 1. The van der Waals surface area contributed by atoms with Crippen molar-refractivity contribution < 1.29 is 9.21 Å². The maximum atomic E-state index is 12.0. The van der Waals surface area contributed by atoms with Crippen LogP contribution in [0.3, 0.4) is 0 Å². The van der Waals surface area contributed by atoms with Crippen LogP contribution in [0.5, 0.6) is 0 Å². The average molecular weight is 306 g/mol. The summed E-state index contributed by atoms with van der Waals surface area (Å²) in [6, 6.07) is 7.31. The fourth-order valence-electron chi connectivity index (χ4n) is 2.44. The molecule has 21 heavy (non-hydrogen) atoms. The van der Waals surface area contributed by atoms with Crippen LogP contribution in [-0.2, 0) is 11.2 Å². The Morgan fingerprint density at radius 1 is 1.24 bits per heavy atom. The topological polar surface area (TPSA) is 59.2 Å². The van der Waals surface area contributed by atoms with E-state index in [1.165, 1.54) is 0 Å². The number of halogens is 1. The molecule has 110 valence electrons. The molecule has 1 aliphatic rings. The molecule has 0 N–H and O–H groups in total. The van der Waals surface area contributed by atoms with Crippen molar-refractivity contribution in [3.63, 3.8) is 0 Å². The number of hydrogen-bond acceptors (Lipinski definition) is 4. The molecule has 1 saturated heterocycles. The lowest BCUT2D eigenvalue weighted by atomic mass is 10.2. The number of rotatable bonds is 4. The standard InChI is InChI=1S/C15H16ClN3O2/c16-12-6-2-1-5-11(12)15-18-17-13(21-15)7-8-14(20)19-9-3-4-10-19/h1-2,5-6H,3-4,7-10H2.